The van der Waals surface area contributed by atoms with E-state index in [2.05, 4.69) is 11.3 Å². The van der Waals surface area contributed by atoms with E-state index in [9.17, 15) is 4.79 Å². The third-order valence-corrected chi connectivity index (χ3v) is 6.21. The average molecular weight is 473 g/mol. The number of carbonyl (C=O) groups excluding carboxylic acids is 1. The zero-order chi connectivity index (χ0) is 24.5. The Morgan fingerprint density at radius 1 is 0.943 bits per heavy atom. The van der Waals surface area contributed by atoms with Crippen LogP contribution in [0.5, 0.6) is 17.2 Å². The number of para-hydroxylation sites is 2. The fraction of sp³-hybridized carbons (Fsp3) is 0.296. The molecule has 0 spiro atoms. The van der Waals surface area contributed by atoms with Crippen LogP contribution in [0.2, 0.25) is 0 Å². The summed E-state index contributed by atoms with van der Waals surface area (Å²) in [6.45, 7) is 4.50. The SMILES string of the molecule is CCC(=O)Oc1cn(CCc2ccc(OC)c(OC)c2)c2nc(CC)n3c4ccccc4nc3c12. The number of carbonyl (C=O) groups is 1. The topological polar surface area (TPSA) is 79.9 Å². The molecule has 0 amide bonds. The first-order valence-electron chi connectivity index (χ1n) is 11.8. The summed E-state index contributed by atoms with van der Waals surface area (Å²) in [5.41, 5.74) is 4.46. The van der Waals surface area contributed by atoms with Crippen molar-refractivity contribution in [2.24, 2.45) is 0 Å². The van der Waals surface area contributed by atoms with Gasteiger partial charge >= 0.3 is 5.97 Å². The number of methoxy groups -OCH3 is 2. The van der Waals surface area contributed by atoms with E-state index in [0.717, 1.165) is 51.9 Å². The van der Waals surface area contributed by atoms with Gasteiger partial charge in [0.2, 0.25) is 0 Å². The Morgan fingerprint density at radius 3 is 2.49 bits per heavy atom. The molecular formula is C27H28N4O4. The van der Waals surface area contributed by atoms with Crippen LogP contribution in [-0.4, -0.2) is 39.1 Å². The maximum atomic E-state index is 12.3. The van der Waals surface area contributed by atoms with E-state index in [-0.39, 0.29) is 12.4 Å². The number of aromatic nitrogens is 4. The number of hydrogen-bond donors (Lipinski definition) is 0. The van der Waals surface area contributed by atoms with Crippen LogP contribution in [-0.2, 0) is 24.2 Å². The van der Waals surface area contributed by atoms with Crippen molar-refractivity contribution in [3.63, 3.8) is 0 Å². The molecule has 8 heteroatoms. The Morgan fingerprint density at radius 2 is 1.74 bits per heavy atom. The second kappa shape index (κ2) is 9.29. The monoisotopic (exact) mass is 472 g/mol. The summed E-state index contributed by atoms with van der Waals surface area (Å²) in [5, 5.41) is 0.743. The highest BCUT2D eigenvalue weighted by Crippen LogP contribution is 2.34. The normalized spacial score (nSPS) is 11.4. The van der Waals surface area contributed by atoms with Crippen LogP contribution in [0.25, 0.3) is 27.7 Å². The molecule has 0 atom stereocenters. The second-order valence-corrected chi connectivity index (χ2v) is 8.29. The molecule has 0 saturated carbocycles. The molecule has 180 valence electrons. The fourth-order valence-corrected chi connectivity index (χ4v) is 4.44. The van der Waals surface area contributed by atoms with Crippen LogP contribution in [0.1, 0.15) is 31.7 Å². The predicted molar refractivity (Wildman–Crippen MR) is 135 cm³/mol. The zero-order valence-corrected chi connectivity index (χ0v) is 20.4. The Kier molecular flexibility index (Phi) is 6.03. The minimum atomic E-state index is -0.294. The second-order valence-electron chi connectivity index (χ2n) is 8.29. The third-order valence-electron chi connectivity index (χ3n) is 6.21. The van der Waals surface area contributed by atoms with Gasteiger partial charge in [-0.25, -0.2) is 9.97 Å². The molecule has 0 fully saturated rings. The Hall–Kier alpha value is -4.07. The van der Waals surface area contributed by atoms with E-state index >= 15 is 0 Å². The summed E-state index contributed by atoms with van der Waals surface area (Å²) in [6, 6.07) is 13.9. The van der Waals surface area contributed by atoms with Crippen LogP contribution in [0.3, 0.4) is 0 Å². The maximum Gasteiger partial charge on any atom is 0.310 e. The number of hydrogen-bond acceptors (Lipinski definition) is 6. The molecule has 0 aliphatic heterocycles. The van der Waals surface area contributed by atoms with E-state index in [1.807, 2.05) is 53.2 Å². The molecule has 0 unspecified atom stereocenters. The van der Waals surface area contributed by atoms with Crippen molar-refractivity contribution in [1.82, 2.24) is 18.9 Å². The summed E-state index contributed by atoms with van der Waals surface area (Å²) < 4.78 is 20.7. The quantitative estimate of drug-likeness (QED) is 0.297. The Balaban J connectivity index is 1.65. The van der Waals surface area contributed by atoms with Crippen molar-refractivity contribution < 1.29 is 19.0 Å². The molecule has 35 heavy (non-hydrogen) atoms. The van der Waals surface area contributed by atoms with Crippen LogP contribution in [0.15, 0.2) is 48.7 Å². The first kappa shape index (κ1) is 22.7. The van der Waals surface area contributed by atoms with Crippen molar-refractivity contribution in [2.45, 2.75) is 39.7 Å². The minimum Gasteiger partial charge on any atom is -0.493 e. The lowest BCUT2D eigenvalue weighted by Gasteiger charge is -2.11. The molecule has 3 aromatic heterocycles. The van der Waals surface area contributed by atoms with Gasteiger partial charge in [0.15, 0.2) is 22.9 Å². The maximum absolute atomic E-state index is 12.3. The molecule has 0 N–H and O–H groups in total. The Labute approximate surface area is 203 Å². The molecular weight excluding hydrogens is 444 g/mol. The summed E-state index contributed by atoms with van der Waals surface area (Å²) >= 11 is 0. The lowest BCUT2D eigenvalue weighted by Crippen LogP contribution is -2.06. The lowest BCUT2D eigenvalue weighted by molar-refractivity contribution is -0.133. The van der Waals surface area contributed by atoms with Gasteiger partial charge in [-0.2, -0.15) is 0 Å². The molecule has 2 aromatic carbocycles. The standard InChI is InChI=1S/C27H28N4O4/c1-5-23-29-26-25(27-28-18-9-7-8-10-19(18)31(23)27)22(35-24(32)6-2)16-30(26)14-13-17-11-12-20(33-3)21(15-17)34-4/h7-12,15-16H,5-6,13-14H2,1-4H3. The van der Waals surface area contributed by atoms with Crippen molar-refractivity contribution >= 4 is 33.7 Å². The minimum absolute atomic E-state index is 0.283. The van der Waals surface area contributed by atoms with E-state index in [1.54, 1.807) is 21.1 Å². The van der Waals surface area contributed by atoms with Crippen molar-refractivity contribution in [3.8, 4) is 17.2 Å². The van der Waals surface area contributed by atoms with Crippen LogP contribution in [0.4, 0.5) is 0 Å². The number of esters is 1. The number of fused-ring (bicyclic) bond motifs is 5. The molecule has 0 aliphatic carbocycles. The summed E-state index contributed by atoms with van der Waals surface area (Å²) in [4.78, 5) is 22.2. The highest BCUT2D eigenvalue weighted by molar-refractivity contribution is 6.00. The third kappa shape index (κ3) is 3.95. The molecule has 0 bridgehead atoms. The van der Waals surface area contributed by atoms with Gasteiger partial charge in [-0.1, -0.05) is 32.0 Å². The van der Waals surface area contributed by atoms with E-state index < -0.39 is 0 Å². The molecule has 0 radical (unpaired) electrons. The largest absolute Gasteiger partial charge is 0.493 e. The van der Waals surface area contributed by atoms with Gasteiger partial charge in [-0.3, -0.25) is 9.20 Å². The highest BCUT2D eigenvalue weighted by Gasteiger charge is 2.22. The van der Waals surface area contributed by atoms with Gasteiger partial charge in [0.05, 0.1) is 25.3 Å². The number of aryl methyl sites for hydroxylation is 3. The van der Waals surface area contributed by atoms with Crippen molar-refractivity contribution in [1.29, 1.82) is 0 Å². The zero-order valence-electron chi connectivity index (χ0n) is 20.4. The average Bonchev–Trinajstić information content (AvgIpc) is 3.44. The first-order chi connectivity index (χ1) is 17.1. The van der Waals surface area contributed by atoms with Gasteiger partial charge in [0, 0.05) is 25.6 Å². The molecule has 8 nitrogen and oxygen atoms in total. The van der Waals surface area contributed by atoms with Gasteiger partial charge in [0.1, 0.15) is 16.9 Å². The van der Waals surface area contributed by atoms with E-state index in [4.69, 9.17) is 24.2 Å². The summed E-state index contributed by atoms with van der Waals surface area (Å²) in [7, 11) is 3.25. The predicted octanol–water partition coefficient (Wildman–Crippen LogP) is 4.97. The van der Waals surface area contributed by atoms with Gasteiger partial charge < -0.3 is 18.8 Å². The summed E-state index contributed by atoms with van der Waals surface area (Å²) in [5.74, 6) is 2.48. The molecule has 5 rings (SSSR count). The molecule has 3 heterocycles. The number of rotatable bonds is 8. The molecule has 0 saturated heterocycles. The fourth-order valence-electron chi connectivity index (χ4n) is 4.44. The van der Waals surface area contributed by atoms with Crippen LogP contribution < -0.4 is 14.2 Å². The van der Waals surface area contributed by atoms with E-state index in [0.29, 0.717) is 23.8 Å². The first-order valence-corrected chi connectivity index (χ1v) is 11.8. The Bertz CT molecular complexity index is 1550. The number of nitrogens with zero attached hydrogens (tertiary/aromatic N) is 4. The van der Waals surface area contributed by atoms with Gasteiger partial charge in [-0.15, -0.1) is 0 Å². The number of ether oxygens (including phenoxy) is 3. The van der Waals surface area contributed by atoms with E-state index in [1.165, 1.54) is 0 Å². The van der Waals surface area contributed by atoms with Crippen molar-refractivity contribution in [3.05, 3.63) is 60.0 Å². The van der Waals surface area contributed by atoms with Crippen molar-refractivity contribution in [2.75, 3.05) is 14.2 Å². The van der Waals surface area contributed by atoms with Gasteiger partial charge in [-0.05, 0) is 36.2 Å². The van der Waals surface area contributed by atoms with Gasteiger partial charge in [0.25, 0.3) is 0 Å². The van der Waals surface area contributed by atoms with Crippen LogP contribution >= 0.6 is 0 Å². The highest BCUT2D eigenvalue weighted by atomic mass is 16.5. The number of imidazole rings is 1. The molecule has 5 aromatic rings. The smallest absolute Gasteiger partial charge is 0.310 e. The number of benzene rings is 2. The molecule has 0 aliphatic rings. The lowest BCUT2D eigenvalue weighted by atomic mass is 10.1. The van der Waals surface area contributed by atoms with Crippen LogP contribution in [0, 0.1) is 0 Å². The summed E-state index contributed by atoms with van der Waals surface area (Å²) in [6.07, 6.45) is 3.62.